The van der Waals surface area contributed by atoms with Gasteiger partial charge in [0.1, 0.15) is 23.9 Å². The Morgan fingerprint density at radius 3 is 2.56 bits per heavy atom. The van der Waals surface area contributed by atoms with E-state index in [0.717, 1.165) is 5.56 Å². The van der Waals surface area contributed by atoms with Crippen LogP contribution in [0.15, 0.2) is 65.1 Å². The molecule has 5 nitrogen and oxygen atoms in total. The van der Waals surface area contributed by atoms with Gasteiger partial charge in [0.2, 0.25) is 0 Å². The number of hydrogen-bond donors (Lipinski definition) is 2. The molecular weight excluding hydrogens is 366 g/mol. The molecule has 0 bridgehead atoms. The van der Waals surface area contributed by atoms with Crippen LogP contribution < -0.4 is 10.1 Å². The van der Waals surface area contributed by atoms with Crippen LogP contribution in [0.4, 0.5) is 5.69 Å². The Morgan fingerprint density at radius 1 is 1.15 bits per heavy atom. The average Bonchev–Trinajstić information content (AvgIpc) is 3.13. The van der Waals surface area contributed by atoms with Crippen LogP contribution in [0.5, 0.6) is 5.75 Å². The normalized spacial score (nSPS) is 11.3. The van der Waals surface area contributed by atoms with Gasteiger partial charge in [-0.05, 0) is 62.4 Å². The summed E-state index contributed by atoms with van der Waals surface area (Å²) in [6.07, 6.45) is 0. The molecule has 0 spiro atoms. The van der Waals surface area contributed by atoms with E-state index < -0.39 is 5.60 Å². The number of halogens is 1. The molecule has 2 N–H and O–H groups in total. The lowest BCUT2D eigenvalue weighted by molar-refractivity contribution is -0.128. The summed E-state index contributed by atoms with van der Waals surface area (Å²) in [6.45, 7) is 3.23. The maximum absolute atomic E-state index is 12.7. The van der Waals surface area contributed by atoms with Crippen LogP contribution in [0, 0.1) is 0 Å². The summed E-state index contributed by atoms with van der Waals surface area (Å²) in [6, 6.07) is 17.6. The Balaban J connectivity index is 1.72. The molecule has 0 fully saturated rings. The maximum atomic E-state index is 12.7. The van der Waals surface area contributed by atoms with Gasteiger partial charge in [-0.1, -0.05) is 23.7 Å². The number of carbonyl (C=O) groups is 1. The molecule has 27 heavy (non-hydrogen) atoms. The lowest BCUT2D eigenvalue weighted by atomic mass is 10.1. The van der Waals surface area contributed by atoms with E-state index in [1.54, 1.807) is 62.4 Å². The SMILES string of the molecule is CC(C)(Oc1ccc(Cl)cc1)C(=O)Nc1cccc(-c2ccc(CO)o2)c1. The fourth-order valence-electron chi connectivity index (χ4n) is 2.49. The monoisotopic (exact) mass is 385 g/mol. The Labute approximate surface area is 162 Å². The van der Waals surface area contributed by atoms with Gasteiger partial charge >= 0.3 is 0 Å². The maximum Gasteiger partial charge on any atom is 0.267 e. The molecule has 1 aromatic heterocycles. The Bertz CT molecular complexity index is 931. The van der Waals surface area contributed by atoms with Crippen molar-refractivity contribution in [1.29, 1.82) is 0 Å². The highest BCUT2D eigenvalue weighted by Gasteiger charge is 2.30. The molecule has 0 atom stereocenters. The predicted octanol–water partition coefficient (Wildman–Crippen LogP) is 4.89. The number of aliphatic hydroxyl groups is 1. The fourth-order valence-corrected chi connectivity index (χ4v) is 2.62. The van der Waals surface area contributed by atoms with Crippen molar-refractivity contribution in [2.24, 2.45) is 0 Å². The number of ether oxygens (including phenoxy) is 1. The van der Waals surface area contributed by atoms with E-state index >= 15 is 0 Å². The first kappa shape index (κ1) is 19.0. The number of hydrogen-bond acceptors (Lipinski definition) is 4. The summed E-state index contributed by atoms with van der Waals surface area (Å²) < 4.78 is 11.3. The standard InChI is InChI=1S/C21H20ClNO4/c1-21(2,27-17-8-6-15(22)7-9-17)20(25)23-16-5-3-4-14(12-16)19-11-10-18(13-24)26-19/h3-12,24H,13H2,1-2H3,(H,23,25). The third-order valence-electron chi connectivity index (χ3n) is 3.96. The first-order valence-electron chi connectivity index (χ1n) is 8.43. The lowest BCUT2D eigenvalue weighted by Gasteiger charge is -2.25. The van der Waals surface area contributed by atoms with Crippen molar-refractivity contribution in [3.8, 4) is 17.1 Å². The van der Waals surface area contributed by atoms with E-state index in [-0.39, 0.29) is 12.5 Å². The number of amides is 1. The van der Waals surface area contributed by atoms with Crippen LogP contribution in [0.2, 0.25) is 5.02 Å². The Morgan fingerprint density at radius 2 is 1.89 bits per heavy atom. The third-order valence-corrected chi connectivity index (χ3v) is 4.21. The molecule has 1 heterocycles. The van der Waals surface area contributed by atoms with Crippen LogP contribution in [0.25, 0.3) is 11.3 Å². The highest BCUT2D eigenvalue weighted by atomic mass is 35.5. The average molecular weight is 386 g/mol. The molecule has 0 saturated heterocycles. The van der Waals surface area contributed by atoms with Crippen LogP contribution in [-0.2, 0) is 11.4 Å². The minimum atomic E-state index is -1.08. The van der Waals surface area contributed by atoms with Crippen LogP contribution in [-0.4, -0.2) is 16.6 Å². The molecule has 0 unspecified atom stereocenters. The van der Waals surface area contributed by atoms with E-state index in [0.29, 0.717) is 28.0 Å². The Hall–Kier alpha value is -2.76. The van der Waals surface area contributed by atoms with Gasteiger partial charge < -0.3 is 19.6 Å². The topological polar surface area (TPSA) is 71.7 Å². The van der Waals surface area contributed by atoms with E-state index in [4.69, 9.17) is 25.9 Å². The largest absolute Gasteiger partial charge is 0.478 e. The van der Waals surface area contributed by atoms with Gasteiger partial charge in [0, 0.05) is 16.3 Å². The zero-order valence-corrected chi connectivity index (χ0v) is 15.8. The zero-order chi connectivity index (χ0) is 19.4. The van der Waals surface area contributed by atoms with Crippen molar-refractivity contribution in [2.45, 2.75) is 26.1 Å². The third kappa shape index (κ3) is 4.70. The molecule has 3 rings (SSSR count). The van der Waals surface area contributed by atoms with Gasteiger partial charge in [-0.25, -0.2) is 0 Å². The number of furan rings is 1. The molecule has 0 saturated carbocycles. The van der Waals surface area contributed by atoms with E-state index in [1.165, 1.54) is 0 Å². The second-order valence-corrected chi connectivity index (χ2v) is 6.96. The quantitative estimate of drug-likeness (QED) is 0.633. The molecule has 2 aromatic carbocycles. The zero-order valence-electron chi connectivity index (χ0n) is 15.0. The Kier molecular flexibility index (Phi) is 5.54. The molecule has 6 heteroatoms. The minimum Gasteiger partial charge on any atom is -0.478 e. The molecule has 3 aromatic rings. The van der Waals surface area contributed by atoms with Crippen LogP contribution >= 0.6 is 11.6 Å². The van der Waals surface area contributed by atoms with Gasteiger partial charge in [0.15, 0.2) is 5.60 Å². The van der Waals surface area contributed by atoms with Crippen molar-refractivity contribution in [1.82, 2.24) is 0 Å². The molecular formula is C21H20ClNO4. The molecule has 140 valence electrons. The van der Waals surface area contributed by atoms with Crippen LogP contribution in [0.1, 0.15) is 19.6 Å². The van der Waals surface area contributed by atoms with Gasteiger partial charge in [0.25, 0.3) is 5.91 Å². The predicted molar refractivity (Wildman–Crippen MR) is 105 cm³/mol. The second kappa shape index (κ2) is 7.86. The van der Waals surface area contributed by atoms with Crippen molar-refractivity contribution in [2.75, 3.05) is 5.32 Å². The molecule has 0 aliphatic heterocycles. The van der Waals surface area contributed by atoms with E-state index in [1.807, 2.05) is 12.1 Å². The summed E-state index contributed by atoms with van der Waals surface area (Å²) in [7, 11) is 0. The van der Waals surface area contributed by atoms with Crippen molar-refractivity contribution >= 4 is 23.2 Å². The summed E-state index contributed by atoms with van der Waals surface area (Å²) in [5.41, 5.74) is 0.328. The van der Waals surface area contributed by atoms with Crippen LogP contribution in [0.3, 0.4) is 0 Å². The summed E-state index contributed by atoms with van der Waals surface area (Å²) in [5, 5.41) is 12.6. The van der Waals surface area contributed by atoms with Crippen molar-refractivity contribution < 1.29 is 19.1 Å². The number of aliphatic hydroxyl groups excluding tert-OH is 1. The number of nitrogens with one attached hydrogen (secondary N) is 1. The number of carbonyl (C=O) groups excluding carboxylic acids is 1. The van der Waals surface area contributed by atoms with Gasteiger partial charge in [-0.3, -0.25) is 4.79 Å². The number of rotatable bonds is 6. The highest BCUT2D eigenvalue weighted by Crippen LogP contribution is 2.26. The number of benzene rings is 2. The molecule has 0 radical (unpaired) electrons. The van der Waals surface area contributed by atoms with Gasteiger partial charge in [-0.2, -0.15) is 0 Å². The molecule has 0 aliphatic rings. The smallest absolute Gasteiger partial charge is 0.267 e. The molecule has 1 amide bonds. The molecule has 0 aliphatic carbocycles. The summed E-state index contributed by atoms with van der Waals surface area (Å²) in [4.78, 5) is 12.7. The first-order chi connectivity index (χ1) is 12.9. The second-order valence-electron chi connectivity index (χ2n) is 6.53. The fraction of sp³-hybridized carbons (Fsp3) is 0.190. The lowest BCUT2D eigenvalue weighted by Crippen LogP contribution is -2.42. The first-order valence-corrected chi connectivity index (χ1v) is 8.81. The van der Waals surface area contributed by atoms with Crippen molar-refractivity contribution in [3.63, 3.8) is 0 Å². The highest BCUT2D eigenvalue weighted by molar-refractivity contribution is 6.30. The van der Waals surface area contributed by atoms with Gasteiger partial charge in [0.05, 0.1) is 0 Å². The van der Waals surface area contributed by atoms with E-state index in [2.05, 4.69) is 5.32 Å². The van der Waals surface area contributed by atoms with Crippen molar-refractivity contribution in [3.05, 3.63) is 71.4 Å². The summed E-state index contributed by atoms with van der Waals surface area (Å²) >= 11 is 5.87. The number of anilines is 1. The van der Waals surface area contributed by atoms with Gasteiger partial charge in [-0.15, -0.1) is 0 Å². The van der Waals surface area contributed by atoms with E-state index in [9.17, 15) is 4.79 Å². The summed E-state index contributed by atoms with van der Waals surface area (Å²) in [5.74, 6) is 1.37. The minimum absolute atomic E-state index is 0.160.